The number of carbonyl (C=O) groups is 2. The highest BCUT2D eigenvalue weighted by atomic mass is 16.5. The first-order valence-corrected chi connectivity index (χ1v) is 7.79. The number of hydrogen-bond acceptors (Lipinski definition) is 5. The van der Waals surface area contributed by atoms with Gasteiger partial charge in [0.25, 0.3) is 5.91 Å². The molecule has 1 atom stereocenters. The van der Waals surface area contributed by atoms with Crippen LogP contribution >= 0.6 is 0 Å². The number of esters is 1. The number of ether oxygens (including phenoxy) is 2. The van der Waals surface area contributed by atoms with Crippen molar-refractivity contribution in [2.24, 2.45) is 0 Å². The van der Waals surface area contributed by atoms with Crippen LogP contribution in [-0.2, 0) is 9.53 Å². The second-order valence-electron chi connectivity index (χ2n) is 5.16. The van der Waals surface area contributed by atoms with Crippen molar-refractivity contribution in [3.8, 4) is 11.8 Å². The van der Waals surface area contributed by atoms with E-state index in [2.05, 4.69) is 5.32 Å². The Bertz CT molecular complexity index is 811. The summed E-state index contributed by atoms with van der Waals surface area (Å²) in [7, 11) is 0. The Kier molecular flexibility index (Phi) is 6.13. The first-order chi connectivity index (χ1) is 12.0. The quantitative estimate of drug-likeness (QED) is 0.818. The van der Waals surface area contributed by atoms with E-state index in [1.807, 2.05) is 13.0 Å². The molecule has 25 heavy (non-hydrogen) atoms. The van der Waals surface area contributed by atoms with Crippen LogP contribution in [0.25, 0.3) is 0 Å². The van der Waals surface area contributed by atoms with Gasteiger partial charge in [-0.3, -0.25) is 4.79 Å². The molecule has 2 aromatic carbocycles. The van der Waals surface area contributed by atoms with E-state index in [0.717, 1.165) is 0 Å². The monoisotopic (exact) mass is 338 g/mol. The molecule has 0 fully saturated rings. The number of benzene rings is 2. The van der Waals surface area contributed by atoms with Gasteiger partial charge in [0.15, 0.2) is 6.10 Å². The van der Waals surface area contributed by atoms with Crippen molar-refractivity contribution in [1.82, 2.24) is 0 Å². The van der Waals surface area contributed by atoms with Gasteiger partial charge < -0.3 is 14.8 Å². The summed E-state index contributed by atoms with van der Waals surface area (Å²) in [6.07, 6.45) is -1.01. The topological polar surface area (TPSA) is 88.4 Å². The molecule has 0 aromatic heterocycles. The molecule has 0 unspecified atom stereocenters. The number of amides is 1. The summed E-state index contributed by atoms with van der Waals surface area (Å²) in [5.41, 5.74) is 1.06. The van der Waals surface area contributed by atoms with E-state index >= 15 is 0 Å². The van der Waals surface area contributed by atoms with Crippen molar-refractivity contribution in [2.45, 2.75) is 20.0 Å². The number of hydrogen-bond donors (Lipinski definition) is 1. The van der Waals surface area contributed by atoms with Crippen molar-refractivity contribution in [1.29, 1.82) is 5.26 Å². The summed E-state index contributed by atoms with van der Waals surface area (Å²) in [5, 5.41) is 11.6. The van der Waals surface area contributed by atoms with E-state index in [4.69, 9.17) is 14.7 Å². The fourth-order valence-corrected chi connectivity index (χ4v) is 2.08. The second kappa shape index (κ2) is 8.50. The Hall–Kier alpha value is -3.33. The maximum absolute atomic E-state index is 12.3. The van der Waals surface area contributed by atoms with Crippen LogP contribution in [0, 0.1) is 11.3 Å². The van der Waals surface area contributed by atoms with Gasteiger partial charge in [0.1, 0.15) is 5.75 Å². The Labute approximate surface area is 146 Å². The molecule has 0 saturated heterocycles. The lowest BCUT2D eigenvalue weighted by molar-refractivity contribution is -0.123. The van der Waals surface area contributed by atoms with Crippen molar-refractivity contribution in [3.05, 3.63) is 59.7 Å². The molecular formula is C19H18N2O4. The summed E-state index contributed by atoms with van der Waals surface area (Å²) in [6.45, 7) is 3.79. The minimum Gasteiger partial charge on any atom is -0.492 e. The van der Waals surface area contributed by atoms with Gasteiger partial charge in [-0.1, -0.05) is 18.2 Å². The van der Waals surface area contributed by atoms with Gasteiger partial charge >= 0.3 is 5.97 Å². The zero-order valence-corrected chi connectivity index (χ0v) is 14.0. The molecule has 0 saturated carbocycles. The molecule has 6 heteroatoms. The lowest BCUT2D eigenvalue weighted by Gasteiger charge is -2.15. The largest absolute Gasteiger partial charge is 0.492 e. The van der Waals surface area contributed by atoms with E-state index in [1.54, 1.807) is 36.4 Å². The van der Waals surface area contributed by atoms with Gasteiger partial charge in [0.05, 0.1) is 29.5 Å². The fraction of sp³-hybridized carbons (Fsp3) is 0.211. The van der Waals surface area contributed by atoms with Crippen molar-refractivity contribution < 1.29 is 19.1 Å². The molecular weight excluding hydrogens is 320 g/mol. The van der Waals surface area contributed by atoms with Gasteiger partial charge in [-0.2, -0.15) is 5.26 Å². The molecule has 1 amide bonds. The van der Waals surface area contributed by atoms with Crippen LogP contribution in [0.4, 0.5) is 5.69 Å². The Morgan fingerprint density at radius 2 is 1.96 bits per heavy atom. The summed E-state index contributed by atoms with van der Waals surface area (Å²) >= 11 is 0. The molecule has 0 radical (unpaired) electrons. The summed E-state index contributed by atoms with van der Waals surface area (Å²) in [5.74, 6) is -0.603. The SMILES string of the molecule is CCOc1ccccc1NC(=O)[C@H](C)OC(=O)c1cccc(C#N)c1. The Morgan fingerprint density at radius 3 is 2.68 bits per heavy atom. The van der Waals surface area contributed by atoms with Gasteiger partial charge in [-0.15, -0.1) is 0 Å². The third-order valence-electron chi connectivity index (χ3n) is 3.33. The highest BCUT2D eigenvalue weighted by molar-refractivity contribution is 5.98. The number of nitrogens with zero attached hydrogens (tertiary/aromatic N) is 1. The predicted molar refractivity (Wildman–Crippen MR) is 92.3 cm³/mol. The molecule has 2 aromatic rings. The van der Waals surface area contributed by atoms with Crippen LogP contribution < -0.4 is 10.1 Å². The molecule has 0 heterocycles. The molecule has 2 rings (SSSR count). The summed E-state index contributed by atoms with van der Waals surface area (Å²) in [6, 6.07) is 15.1. The Balaban J connectivity index is 2.03. The molecule has 0 aliphatic carbocycles. The normalized spacial score (nSPS) is 11.1. The van der Waals surface area contributed by atoms with Gasteiger partial charge in [0.2, 0.25) is 0 Å². The number of carbonyl (C=O) groups excluding carboxylic acids is 2. The minimum atomic E-state index is -1.01. The average molecular weight is 338 g/mol. The molecule has 128 valence electrons. The van der Waals surface area contributed by atoms with Gasteiger partial charge in [0, 0.05) is 0 Å². The van der Waals surface area contributed by atoms with E-state index in [1.165, 1.54) is 19.1 Å². The Morgan fingerprint density at radius 1 is 1.20 bits per heavy atom. The first-order valence-electron chi connectivity index (χ1n) is 7.79. The number of nitriles is 1. The number of nitrogens with one attached hydrogen (secondary N) is 1. The second-order valence-corrected chi connectivity index (χ2v) is 5.16. The van der Waals surface area contributed by atoms with Gasteiger partial charge in [-0.05, 0) is 44.2 Å². The number of rotatable bonds is 6. The fourth-order valence-electron chi connectivity index (χ4n) is 2.08. The summed E-state index contributed by atoms with van der Waals surface area (Å²) < 4.78 is 10.6. The first kappa shape index (κ1) is 18.0. The minimum absolute atomic E-state index is 0.216. The van der Waals surface area contributed by atoms with E-state index < -0.39 is 18.0 Å². The average Bonchev–Trinajstić information content (AvgIpc) is 2.63. The van der Waals surface area contributed by atoms with Crippen LogP contribution in [0.3, 0.4) is 0 Å². The van der Waals surface area contributed by atoms with Crippen molar-refractivity contribution in [2.75, 3.05) is 11.9 Å². The van der Waals surface area contributed by atoms with E-state index in [0.29, 0.717) is 23.6 Å². The van der Waals surface area contributed by atoms with Crippen LogP contribution in [-0.4, -0.2) is 24.6 Å². The third-order valence-corrected chi connectivity index (χ3v) is 3.33. The molecule has 0 spiro atoms. The zero-order valence-electron chi connectivity index (χ0n) is 14.0. The van der Waals surface area contributed by atoms with Crippen molar-refractivity contribution >= 4 is 17.6 Å². The molecule has 6 nitrogen and oxygen atoms in total. The van der Waals surface area contributed by atoms with Crippen LogP contribution in [0.15, 0.2) is 48.5 Å². The number of anilines is 1. The molecule has 0 bridgehead atoms. The van der Waals surface area contributed by atoms with Crippen LogP contribution in [0.2, 0.25) is 0 Å². The maximum Gasteiger partial charge on any atom is 0.338 e. The van der Waals surface area contributed by atoms with Gasteiger partial charge in [-0.25, -0.2) is 4.79 Å². The maximum atomic E-state index is 12.3. The van der Waals surface area contributed by atoms with Crippen LogP contribution in [0.1, 0.15) is 29.8 Å². The summed E-state index contributed by atoms with van der Waals surface area (Å²) in [4.78, 5) is 24.4. The molecule has 0 aliphatic heterocycles. The smallest absolute Gasteiger partial charge is 0.338 e. The lowest BCUT2D eigenvalue weighted by Crippen LogP contribution is -2.30. The highest BCUT2D eigenvalue weighted by Crippen LogP contribution is 2.24. The predicted octanol–water partition coefficient (Wildman–Crippen LogP) is 3.14. The van der Waals surface area contributed by atoms with Crippen molar-refractivity contribution in [3.63, 3.8) is 0 Å². The van der Waals surface area contributed by atoms with Crippen LogP contribution in [0.5, 0.6) is 5.75 Å². The standard InChI is InChI=1S/C19H18N2O4/c1-3-24-17-10-5-4-9-16(17)21-18(22)13(2)25-19(23)15-8-6-7-14(11-15)12-20/h4-11,13H,3H2,1-2H3,(H,21,22)/t13-/m0/s1. The number of para-hydroxylation sites is 2. The van der Waals surface area contributed by atoms with E-state index in [9.17, 15) is 9.59 Å². The van der Waals surface area contributed by atoms with E-state index in [-0.39, 0.29) is 5.56 Å². The highest BCUT2D eigenvalue weighted by Gasteiger charge is 2.20. The zero-order chi connectivity index (χ0) is 18.2. The molecule has 1 N–H and O–H groups in total. The third kappa shape index (κ3) is 4.82. The molecule has 0 aliphatic rings. The lowest BCUT2D eigenvalue weighted by atomic mass is 10.1.